The van der Waals surface area contributed by atoms with Crippen molar-refractivity contribution in [1.82, 2.24) is 0 Å². The van der Waals surface area contributed by atoms with Crippen LogP contribution in [0, 0.1) is 40.4 Å². The summed E-state index contributed by atoms with van der Waals surface area (Å²) in [4.78, 5) is 11.0. The average Bonchev–Trinajstić information content (AvgIpc) is 2.98. The molecule has 0 spiro atoms. The number of aliphatic hydroxyl groups excluding tert-OH is 2. The predicted molar refractivity (Wildman–Crippen MR) is 109 cm³/mol. The minimum Gasteiger partial charge on any atom is -0.481 e. The van der Waals surface area contributed by atoms with E-state index in [9.17, 15) is 15.0 Å². The minimum absolute atomic E-state index is 0.136. The van der Waals surface area contributed by atoms with Gasteiger partial charge in [0.1, 0.15) is 0 Å². The number of aliphatic carboxylic acids is 1. The summed E-state index contributed by atoms with van der Waals surface area (Å²) in [5.41, 5.74) is 1.65. The third-order valence-corrected chi connectivity index (χ3v) is 9.68. The Morgan fingerprint density at radius 2 is 1.89 bits per heavy atom. The van der Waals surface area contributed by atoms with Gasteiger partial charge in [0.25, 0.3) is 0 Å². The van der Waals surface area contributed by atoms with E-state index in [1.54, 1.807) is 0 Å². The van der Waals surface area contributed by atoms with Gasteiger partial charge in [0.05, 0.1) is 12.2 Å². The average molecular weight is 391 g/mol. The van der Waals surface area contributed by atoms with Crippen LogP contribution in [0.3, 0.4) is 0 Å². The minimum atomic E-state index is -0.692. The van der Waals surface area contributed by atoms with Crippen molar-refractivity contribution < 1.29 is 20.1 Å². The van der Waals surface area contributed by atoms with Gasteiger partial charge in [-0.15, -0.1) is 0 Å². The zero-order valence-corrected chi connectivity index (χ0v) is 17.7. The third kappa shape index (κ3) is 3.06. The number of carbonyl (C=O) groups is 1. The smallest absolute Gasteiger partial charge is 0.303 e. The van der Waals surface area contributed by atoms with Crippen molar-refractivity contribution in [2.24, 2.45) is 40.4 Å². The number of fused-ring (bicyclic) bond motifs is 5. The molecule has 0 aromatic carbocycles. The van der Waals surface area contributed by atoms with Crippen molar-refractivity contribution in [3.63, 3.8) is 0 Å². The number of aliphatic hydroxyl groups is 2. The molecule has 3 saturated carbocycles. The maximum absolute atomic E-state index is 11.2. The second kappa shape index (κ2) is 7.12. The van der Waals surface area contributed by atoms with Crippen molar-refractivity contribution in [2.75, 3.05) is 0 Å². The van der Waals surface area contributed by atoms with Gasteiger partial charge in [0.2, 0.25) is 0 Å². The maximum Gasteiger partial charge on any atom is 0.303 e. The van der Waals surface area contributed by atoms with Gasteiger partial charge in [-0.25, -0.2) is 0 Å². The van der Waals surface area contributed by atoms with Crippen molar-refractivity contribution in [3.05, 3.63) is 11.6 Å². The Kier molecular flexibility index (Phi) is 5.19. The van der Waals surface area contributed by atoms with Crippen molar-refractivity contribution >= 4 is 5.97 Å². The fourth-order valence-electron chi connectivity index (χ4n) is 8.16. The number of hydrogen-bond acceptors (Lipinski definition) is 3. The molecule has 4 aliphatic rings. The van der Waals surface area contributed by atoms with Crippen LogP contribution in [0.15, 0.2) is 11.6 Å². The molecule has 4 nitrogen and oxygen atoms in total. The van der Waals surface area contributed by atoms with Gasteiger partial charge in [-0.1, -0.05) is 32.4 Å². The number of hydrogen-bond donors (Lipinski definition) is 3. The van der Waals surface area contributed by atoms with Gasteiger partial charge in [-0.2, -0.15) is 0 Å². The first kappa shape index (κ1) is 20.4. The molecule has 4 heteroatoms. The molecule has 0 aromatic rings. The van der Waals surface area contributed by atoms with Crippen molar-refractivity contribution in [2.45, 2.75) is 90.8 Å². The molecular formula is C24H38O4. The zero-order chi connectivity index (χ0) is 20.3. The Bertz CT molecular complexity index is 657. The van der Waals surface area contributed by atoms with E-state index >= 15 is 0 Å². The van der Waals surface area contributed by atoms with Crippen LogP contribution in [0.5, 0.6) is 0 Å². The van der Waals surface area contributed by atoms with Gasteiger partial charge < -0.3 is 15.3 Å². The van der Waals surface area contributed by atoms with E-state index in [4.69, 9.17) is 5.11 Å². The first-order chi connectivity index (χ1) is 13.2. The van der Waals surface area contributed by atoms with E-state index in [2.05, 4.69) is 26.8 Å². The van der Waals surface area contributed by atoms with E-state index in [0.29, 0.717) is 29.6 Å². The second-order valence-corrected chi connectivity index (χ2v) is 10.9. The molecule has 0 aliphatic heterocycles. The quantitative estimate of drug-likeness (QED) is 0.622. The summed E-state index contributed by atoms with van der Waals surface area (Å²) in [6.45, 7) is 7.06. The van der Waals surface area contributed by atoms with Crippen molar-refractivity contribution in [1.29, 1.82) is 0 Å². The fourth-order valence-corrected chi connectivity index (χ4v) is 8.16. The van der Waals surface area contributed by atoms with Gasteiger partial charge in [-0.05, 0) is 91.8 Å². The Hall–Kier alpha value is -0.870. The fraction of sp³-hybridized carbons (Fsp3) is 0.875. The molecule has 0 amide bonds. The summed E-state index contributed by atoms with van der Waals surface area (Å²) in [7, 11) is 0. The lowest BCUT2D eigenvalue weighted by Crippen LogP contribution is -2.54. The summed E-state index contributed by atoms with van der Waals surface area (Å²) < 4.78 is 0. The van der Waals surface area contributed by atoms with Crippen LogP contribution in [-0.2, 0) is 4.79 Å². The second-order valence-electron chi connectivity index (χ2n) is 10.9. The molecule has 4 aliphatic carbocycles. The largest absolute Gasteiger partial charge is 0.481 e. The van der Waals surface area contributed by atoms with Crippen LogP contribution in [0.1, 0.15) is 78.6 Å². The third-order valence-electron chi connectivity index (χ3n) is 9.68. The molecule has 9 atom stereocenters. The lowest BCUT2D eigenvalue weighted by Gasteiger charge is -2.59. The molecule has 3 fully saturated rings. The Balaban J connectivity index is 1.59. The van der Waals surface area contributed by atoms with Crippen LogP contribution >= 0.6 is 0 Å². The van der Waals surface area contributed by atoms with E-state index in [1.165, 1.54) is 24.8 Å². The van der Waals surface area contributed by atoms with E-state index in [1.807, 2.05) is 0 Å². The molecule has 4 rings (SSSR count). The lowest BCUT2D eigenvalue weighted by molar-refractivity contribution is -0.137. The highest BCUT2D eigenvalue weighted by atomic mass is 16.4. The van der Waals surface area contributed by atoms with Gasteiger partial charge >= 0.3 is 5.97 Å². The molecule has 28 heavy (non-hydrogen) atoms. The van der Waals surface area contributed by atoms with Crippen LogP contribution in [-0.4, -0.2) is 33.5 Å². The van der Waals surface area contributed by atoms with Crippen molar-refractivity contribution in [3.8, 4) is 0 Å². The molecule has 0 aromatic heterocycles. The molecule has 3 N–H and O–H groups in total. The Morgan fingerprint density at radius 1 is 1.14 bits per heavy atom. The van der Waals surface area contributed by atoms with Gasteiger partial charge in [-0.3, -0.25) is 4.79 Å². The number of rotatable bonds is 4. The van der Waals surface area contributed by atoms with Gasteiger partial charge in [0.15, 0.2) is 0 Å². The van der Waals surface area contributed by atoms with E-state index < -0.39 is 12.1 Å². The molecule has 158 valence electrons. The van der Waals surface area contributed by atoms with Crippen LogP contribution in [0.2, 0.25) is 0 Å². The monoisotopic (exact) mass is 390 g/mol. The summed E-state index contributed by atoms with van der Waals surface area (Å²) in [6.07, 6.45) is 9.82. The maximum atomic E-state index is 11.2. The zero-order valence-electron chi connectivity index (χ0n) is 17.7. The molecular weight excluding hydrogens is 352 g/mol. The molecule has 0 radical (unpaired) electrons. The summed E-state index contributed by atoms with van der Waals surface area (Å²) in [6, 6.07) is 0. The molecule has 8 unspecified atom stereocenters. The topological polar surface area (TPSA) is 77.8 Å². The normalized spacial score (nSPS) is 48.8. The number of carboxylic acids is 1. The first-order valence-corrected chi connectivity index (χ1v) is 11.5. The van der Waals surface area contributed by atoms with Crippen LogP contribution in [0.25, 0.3) is 0 Å². The first-order valence-electron chi connectivity index (χ1n) is 11.5. The summed E-state index contributed by atoms with van der Waals surface area (Å²) in [5.74, 6) is 1.66. The molecule has 0 saturated heterocycles. The summed E-state index contributed by atoms with van der Waals surface area (Å²) in [5, 5.41) is 30.4. The van der Waals surface area contributed by atoms with E-state index in [0.717, 1.165) is 32.1 Å². The van der Waals surface area contributed by atoms with E-state index in [-0.39, 0.29) is 23.4 Å². The highest BCUT2D eigenvalue weighted by Crippen LogP contribution is 2.67. The predicted octanol–water partition coefficient (Wildman–Crippen LogP) is 4.40. The van der Waals surface area contributed by atoms with Crippen LogP contribution in [0.4, 0.5) is 0 Å². The SMILES string of the molecule is CC(CCC(=O)O)C1CCC2C3C(O)C=C4C[C@@H](O)CCC4(C)C3CCC12C. The highest BCUT2D eigenvalue weighted by molar-refractivity contribution is 5.66. The number of carboxylic acid groups (broad SMARTS) is 1. The Morgan fingerprint density at radius 3 is 2.61 bits per heavy atom. The molecule has 0 bridgehead atoms. The lowest BCUT2D eigenvalue weighted by atomic mass is 9.46. The highest BCUT2D eigenvalue weighted by Gasteiger charge is 2.61. The van der Waals surface area contributed by atoms with Gasteiger partial charge in [0, 0.05) is 6.42 Å². The standard InChI is InChI=1S/C24H38O4/c1-14(4-7-21(27)28)17-5-6-18-22-19(9-11-24(17,18)3)23(2)10-8-16(25)12-15(23)13-20(22)26/h13-14,16-20,22,25-26H,4-12H2,1-3H3,(H,27,28)/t14?,16-,17?,18?,19?,20?,22?,23?,24?/m0/s1. The summed E-state index contributed by atoms with van der Waals surface area (Å²) >= 11 is 0. The Labute approximate surface area is 169 Å². The molecule has 0 heterocycles. The van der Waals surface area contributed by atoms with Crippen LogP contribution < -0.4 is 0 Å².